The van der Waals surface area contributed by atoms with Crippen molar-refractivity contribution in [2.24, 2.45) is 0 Å². The Morgan fingerprint density at radius 2 is 2.62 bits per heavy atom. The van der Waals surface area contributed by atoms with Crippen LogP contribution in [0.3, 0.4) is 0 Å². The minimum atomic E-state index is -0.170. The summed E-state index contributed by atoms with van der Waals surface area (Å²) in [5.41, 5.74) is 0. The zero-order valence-corrected chi connectivity index (χ0v) is 9.15. The van der Waals surface area contributed by atoms with Gasteiger partial charge >= 0.3 is 5.97 Å². The Morgan fingerprint density at radius 3 is 3.15 bits per heavy atom. The highest BCUT2D eigenvalue weighted by Gasteiger charge is 2.11. The van der Waals surface area contributed by atoms with E-state index in [9.17, 15) is 4.79 Å². The van der Waals surface area contributed by atoms with Gasteiger partial charge in [-0.3, -0.25) is 4.79 Å². The van der Waals surface area contributed by atoms with Crippen molar-refractivity contribution in [3.05, 3.63) is 11.6 Å². The highest BCUT2D eigenvalue weighted by atomic mass is 32.2. The second kappa shape index (κ2) is 5.24. The molecule has 0 aliphatic heterocycles. The first-order chi connectivity index (χ1) is 6.22. The maximum Gasteiger partial charge on any atom is 0.306 e. The molecule has 0 N–H and O–H groups in total. The quantitative estimate of drug-likeness (QED) is 0.572. The van der Waals surface area contributed by atoms with Crippen molar-refractivity contribution < 1.29 is 9.53 Å². The molecule has 5 heteroatoms. The zero-order valence-electron chi connectivity index (χ0n) is 7.52. The molecule has 1 unspecified atom stereocenters. The van der Waals surface area contributed by atoms with Crippen LogP contribution in [0, 0.1) is 0 Å². The first-order valence-corrected chi connectivity index (χ1v) is 5.61. The summed E-state index contributed by atoms with van der Waals surface area (Å²) in [7, 11) is 1.41. The zero-order chi connectivity index (χ0) is 9.68. The Kier molecular flexibility index (Phi) is 4.24. The van der Waals surface area contributed by atoms with Gasteiger partial charge in [0.05, 0.1) is 13.5 Å². The highest BCUT2D eigenvalue weighted by molar-refractivity contribution is 8.01. The van der Waals surface area contributed by atoms with Gasteiger partial charge in [-0.1, -0.05) is 18.7 Å². The third kappa shape index (κ3) is 3.78. The summed E-state index contributed by atoms with van der Waals surface area (Å²) in [5, 5.41) is 2.14. The van der Waals surface area contributed by atoms with E-state index in [2.05, 4.69) is 9.72 Å². The van der Waals surface area contributed by atoms with Crippen LogP contribution in [0.4, 0.5) is 0 Å². The second-order valence-corrected chi connectivity index (χ2v) is 5.09. The largest absolute Gasteiger partial charge is 0.469 e. The number of ether oxygens (including phenoxy) is 1. The number of rotatable bonds is 4. The monoisotopic (exact) mass is 217 g/mol. The van der Waals surface area contributed by atoms with Crippen LogP contribution in [0.15, 0.2) is 15.9 Å². The molecule has 0 aliphatic carbocycles. The molecule has 0 saturated carbocycles. The lowest BCUT2D eigenvalue weighted by atomic mass is 10.3. The number of aromatic nitrogens is 1. The Balaban J connectivity index is 2.33. The predicted molar refractivity (Wildman–Crippen MR) is 54.1 cm³/mol. The van der Waals surface area contributed by atoms with E-state index in [0.717, 1.165) is 4.34 Å². The summed E-state index contributed by atoms with van der Waals surface area (Å²) in [6.45, 7) is 1.99. The van der Waals surface area contributed by atoms with Crippen molar-refractivity contribution in [1.29, 1.82) is 0 Å². The van der Waals surface area contributed by atoms with Gasteiger partial charge in [0.2, 0.25) is 0 Å². The van der Waals surface area contributed by atoms with Gasteiger partial charge in [-0.15, -0.1) is 11.3 Å². The van der Waals surface area contributed by atoms with Crippen LogP contribution in [-0.2, 0) is 9.53 Å². The fraction of sp³-hybridized carbons (Fsp3) is 0.500. The molecular formula is C8H11NO2S2. The number of esters is 1. The second-order valence-electron chi connectivity index (χ2n) is 2.51. The number of carbonyl (C=O) groups is 1. The molecule has 1 rings (SSSR count). The third-order valence-electron chi connectivity index (χ3n) is 1.39. The molecule has 1 heterocycles. The number of methoxy groups -OCH3 is 1. The van der Waals surface area contributed by atoms with E-state index in [1.54, 1.807) is 29.3 Å². The average Bonchev–Trinajstić information content (AvgIpc) is 2.56. The molecule has 0 saturated heterocycles. The van der Waals surface area contributed by atoms with E-state index in [4.69, 9.17) is 0 Å². The van der Waals surface area contributed by atoms with Gasteiger partial charge in [0.1, 0.15) is 4.34 Å². The molecule has 0 amide bonds. The lowest BCUT2D eigenvalue weighted by Gasteiger charge is -2.06. The summed E-state index contributed by atoms with van der Waals surface area (Å²) >= 11 is 3.19. The van der Waals surface area contributed by atoms with Crippen molar-refractivity contribution in [1.82, 2.24) is 4.98 Å². The third-order valence-corrected chi connectivity index (χ3v) is 3.41. The van der Waals surface area contributed by atoms with Crippen LogP contribution >= 0.6 is 23.1 Å². The SMILES string of the molecule is COC(=O)CC(C)Sc1nccs1. The summed E-state index contributed by atoms with van der Waals surface area (Å²) < 4.78 is 5.57. The van der Waals surface area contributed by atoms with Crippen molar-refractivity contribution in [2.45, 2.75) is 22.9 Å². The number of nitrogens with zero attached hydrogens (tertiary/aromatic N) is 1. The highest BCUT2D eigenvalue weighted by Crippen LogP contribution is 2.26. The van der Waals surface area contributed by atoms with Gasteiger partial charge in [-0.2, -0.15) is 0 Å². The molecule has 0 spiro atoms. The van der Waals surface area contributed by atoms with Crippen LogP contribution in [0.5, 0.6) is 0 Å². The Hall–Kier alpha value is -0.550. The van der Waals surface area contributed by atoms with E-state index < -0.39 is 0 Å². The van der Waals surface area contributed by atoms with E-state index in [-0.39, 0.29) is 11.2 Å². The molecule has 1 aromatic rings. The fourth-order valence-electron chi connectivity index (χ4n) is 0.800. The Morgan fingerprint density at radius 1 is 1.85 bits per heavy atom. The molecule has 1 aromatic heterocycles. The number of hydrogen-bond acceptors (Lipinski definition) is 5. The molecule has 0 radical (unpaired) electrons. The van der Waals surface area contributed by atoms with Gasteiger partial charge < -0.3 is 4.74 Å². The predicted octanol–water partition coefficient (Wildman–Crippen LogP) is 2.19. The lowest BCUT2D eigenvalue weighted by molar-refractivity contribution is -0.140. The van der Waals surface area contributed by atoms with E-state index in [1.807, 2.05) is 12.3 Å². The van der Waals surface area contributed by atoms with Crippen molar-refractivity contribution in [2.75, 3.05) is 7.11 Å². The number of hydrogen-bond donors (Lipinski definition) is 0. The normalized spacial score (nSPS) is 12.5. The molecule has 0 fully saturated rings. The van der Waals surface area contributed by atoms with Gasteiger partial charge in [-0.25, -0.2) is 4.98 Å². The minimum absolute atomic E-state index is 0.170. The lowest BCUT2D eigenvalue weighted by Crippen LogP contribution is -2.08. The standard InChI is InChI=1S/C8H11NO2S2/c1-6(5-7(10)11-2)13-8-9-3-4-12-8/h3-4,6H,5H2,1-2H3. The Bertz CT molecular complexity index is 261. The number of thiazole rings is 1. The van der Waals surface area contributed by atoms with Gasteiger partial charge in [0, 0.05) is 16.8 Å². The van der Waals surface area contributed by atoms with E-state index in [1.165, 1.54) is 7.11 Å². The summed E-state index contributed by atoms with van der Waals surface area (Å²) in [4.78, 5) is 15.0. The first-order valence-electron chi connectivity index (χ1n) is 3.85. The molecule has 3 nitrogen and oxygen atoms in total. The van der Waals surface area contributed by atoms with Crippen molar-refractivity contribution in [3.63, 3.8) is 0 Å². The summed E-state index contributed by atoms with van der Waals surface area (Å²) in [6, 6.07) is 0. The van der Waals surface area contributed by atoms with Crippen LogP contribution in [0.25, 0.3) is 0 Å². The van der Waals surface area contributed by atoms with Gasteiger partial charge in [-0.05, 0) is 0 Å². The fourth-order valence-corrected chi connectivity index (χ4v) is 2.73. The van der Waals surface area contributed by atoms with Crippen LogP contribution < -0.4 is 0 Å². The molecule has 0 bridgehead atoms. The average molecular weight is 217 g/mol. The van der Waals surface area contributed by atoms with Crippen molar-refractivity contribution in [3.8, 4) is 0 Å². The number of carbonyl (C=O) groups excluding carboxylic acids is 1. The van der Waals surface area contributed by atoms with Crippen LogP contribution in [0.2, 0.25) is 0 Å². The van der Waals surface area contributed by atoms with Crippen molar-refractivity contribution >= 4 is 29.1 Å². The molecular weight excluding hydrogens is 206 g/mol. The molecule has 0 aromatic carbocycles. The maximum absolute atomic E-state index is 10.9. The van der Waals surface area contributed by atoms with E-state index >= 15 is 0 Å². The van der Waals surface area contributed by atoms with Gasteiger partial charge in [0.25, 0.3) is 0 Å². The molecule has 13 heavy (non-hydrogen) atoms. The topological polar surface area (TPSA) is 39.2 Å². The Labute approximate surface area is 85.5 Å². The van der Waals surface area contributed by atoms with E-state index in [0.29, 0.717) is 6.42 Å². The minimum Gasteiger partial charge on any atom is -0.469 e. The first kappa shape index (κ1) is 10.5. The molecule has 1 atom stereocenters. The van der Waals surface area contributed by atoms with Crippen LogP contribution in [0.1, 0.15) is 13.3 Å². The molecule has 0 aliphatic rings. The smallest absolute Gasteiger partial charge is 0.306 e. The maximum atomic E-state index is 10.9. The molecule has 72 valence electrons. The summed E-state index contributed by atoms with van der Waals surface area (Å²) in [5.74, 6) is -0.170. The summed E-state index contributed by atoms with van der Waals surface area (Å²) in [6.07, 6.45) is 2.19. The number of thioether (sulfide) groups is 1. The van der Waals surface area contributed by atoms with Gasteiger partial charge in [0.15, 0.2) is 0 Å². The van der Waals surface area contributed by atoms with Crippen LogP contribution in [-0.4, -0.2) is 23.3 Å².